The lowest BCUT2D eigenvalue weighted by atomic mass is 10.00. The molecule has 0 saturated heterocycles. The Morgan fingerprint density at radius 1 is 1.25 bits per heavy atom. The summed E-state index contributed by atoms with van der Waals surface area (Å²) in [6.45, 7) is 7.17. The number of methoxy groups -OCH3 is 1. The molecule has 0 atom stereocenters. The molecular formula is C17H22N2O. The lowest BCUT2D eigenvalue weighted by Crippen LogP contribution is -2.22. The van der Waals surface area contributed by atoms with Crippen LogP contribution in [0.4, 0.5) is 0 Å². The number of ether oxygens (including phenoxy) is 1. The zero-order valence-corrected chi connectivity index (χ0v) is 12.6. The van der Waals surface area contributed by atoms with Crippen LogP contribution in [0.25, 0.3) is 11.1 Å². The summed E-state index contributed by atoms with van der Waals surface area (Å²) < 4.78 is 5.45. The third-order valence-corrected chi connectivity index (χ3v) is 3.31. The van der Waals surface area contributed by atoms with Crippen LogP contribution in [-0.2, 0) is 6.54 Å². The normalized spacial score (nSPS) is 10.8. The van der Waals surface area contributed by atoms with Gasteiger partial charge in [-0.2, -0.15) is 0 Å². The van der Waals surface area contributed by atoms with Crippen molar-refractivity contribution in [3.63, 3.8) is 0 Å². The van der Waals surface area contributed by atoms with Gasteiger partial charge in [-0.3, -0.25) is 4.98 Å². The average Bonchev–Trinajstić information content (AvgIpc) is 2.45. The fourth-order valence-electron chi connectivity index (χ4n) is 2.20. The molecule has 2 rings (SSSR count). The molecule has 2 aromatic rings. The SMILES string of the molecule is COc1ccc(-c2ccncc2C)cc1CNC(C)C. The summed E-state index contributed by atoms with van der Waals surface area (Å²) in [6, 6.07) is 8.82. The van der Waals surface area contributed by atoms with Gasteiger partial charge in [0, 0.05) is 30.5 Å². The van der Waals surface area contributed by atoms with Crippen LogP contribution >= 0.6 is 0 Å². The van der Waals surface area contributed by atoms with E-state index < -0.39 is 0 Å². The van der Waals surface area contributed by atoms with Crippen LogP contribution in [-0.4, -0.2) is 18.1 Å². The first kappa shape index (κ1) is 14.5. The van der Waals surface area contributed by atoms with Gasteiger partial charge in [-0.25, -0.2) is 0 Å². The Morgan fingerprint density at radius 3 is 2.70 bits per heavy atom. The highest BCUT2D eigenvalue weighted by Crippen LogP contribution is 2.28. The summed E-state index contributed by atoms with van der Waals surface area (Å²) in [6.07, 6.45) is 3.73. The van der Waals surface area contributed by atoms with Crippen LogP contribution in [0.5, 0.6) is 5.75 Å². The number of nitrogens with one attached hydrogen (secondary N) is 1. The smallest absolute Gasteiger partial charge is 0.123 e. The molecule has 0 aliphatic heterocycles. The number of aryl methyl sites for hydroxylation is 1. The van der Waals surface area contributed by atoms with Crippen molar-refractivity contribution in [3.8, 4) is 16.9 Å². The molecule has 0 bridgehead atoms. The molecule has 106 valence electrons. The molecule has 0 radical (unpaired) electrons. The first-order valence-corrected chi connectivity index (χ1v) is 6.93. The Morgan fingerprint density at radius 2 is 2.05 bits per heavy atom. The molecular weight excluding hydrogens is 248 g/mol. The van der Waals surface area contributed by atoms with Crippen molar-refractivity contribution in [1.29, 1.82) is 0 Å². The Hall–Kier alpha value is -1.87. The molecule has 0 fully saturated rings. The Bertz CT molecular complexity index is 579. The highest BCUT2D eigenvalue weighted by atomic mass is 16.5. The van der Waals surface area contributed by atoms with Gasteiger partial charge >= 0.3 is 0 Å². The lowest BCUT2D eigenvalue weighted by molar-refractivity contribution is 0.406. The highest BCUT2D eigenvalue weighted by molar-refractivity contribution is 5.68. The van der Waals surface area contributed by atoms with E-state index in [1.165, 1.54) is 22.3 Å². The van der Waals surface area contributed by atoms with Crippen LogP contribution in [0.15, 0.2) is 36.7 Å². The van der Waals surface area contributed by atoms with Crippen LogP contribution in [0.1, 0.15) is 25.0 Å². The van der Waals surface area contributed by atoms with Crippen LogP contribution in [0, 0.1) is 6.92 Å². The number of rotatable bonds is 5. The van der Waals surface area contributed by atoms with Crippen molar-refractivity contribution in [2.24, 2.45) is 0 Å². The second kappa shape index (κ2) is 6.53. The minimum absolute atomic E-state index is 0.450. The second-order valence-electron chi connectivity index (χ2n) is 5.25. The highest BCUT2D eigenvalue weighted by Gasteiger charge is 2.08. The number of pyridine rings is 1. The summed E-state index contributed by atoms with van der Waals surface area (Å²) in [4.78, 5) is 4.15. The van der Waals surface area contributed by atoms with Gasteiger partial charge in [0.25, 0.3) is 0 Å². The Balaban J connectivity index is 2.36. The summed E-state index contributed by atoms with van der Waals surface area (Å²) in [5.41, 5.74) is 4.77. The predicted molar refractivity (Wildman–Crippen MR) is 82.9 cm³/mol. The molecule has 0 saturated carbocycles. The topological polar surface area (TPSA) is 34.1 Å². The van der Waals surface area contributed by atoms with E-state index in [0.717, 1.165) is 12.3 Å². The van der Waals surface area contributed by atoms with Crippen molar-refractivity contribution >= 4 is 0 Å². The molecule has 1 heterocycles. The van der Waals surface area contributed by atoms with Gasteiger partial charge in [0.05, 0.1) is 7.11 Å². The third kappa shape index (κ3) is 3.36. The van der Waals surface area contributed by atoms with Crippen molar-refractivity contribution < 1.29 is 4.74 Å². The lowest BCUT2D eigenvalue weighted by Gasteiger charge is -2.14. The number of aromatic nitrogens is 1. The maximum Gasteiger partial charge on any atom is 0.123 e. The zero-order chi connectivity index (χ0) is 14.5. The van der Waals surface area contributed by atoms with Gasteiger partial charge in [-0.05, 0) is 41.8 Å². The fraction of sp³-hybridized carbons (Fsp3) is 0.353. The molecule has 0 amide bonds. The van der Waals surface area contributed by atoms with E-state index in [1.54, 1.807) is 7.11 Å². The maximum atomic E-state index is 5.45. The maximum absolute atomic E-state index is 5.45. The standard InChI is InChI=1S/C17H22N2O/c1-12(2)19-11-15-9-14(5-6-17(15)20-4)16-7-8-18-10-13(16)3/h5-10,12,19H,11H2,1-4H3. The third-order valence-electron chi connectivity index (χ3n) is 3.31. The number of nitrogens with zero attached hydrogens (tertiary/aromatic N) is 1. The number of hydrogen-bond donors (Lipinski definition) is 1. The van der Waals surface area contributed by atoms with Gasteiger partial charge < -0.3 is 10.1 Å². The molecule has 20 heavy (non-hydrogen) atoms. The molecule has 0 unspecified atom stereocenters. The van der Waals surface area contributed by atoms with Crippen molar-refractivity contribution in [2.75, 3.05) is 7.11 Å². The van der Waals surface area contributed by atoms with Crippen molar-refractivity contribution in [2.45, 2.75) is 33.4 Å². The minimum atomic E-state index is 0.450. The van der Waals surface area contributed by atoms with E-state index in [9.17, 15) is 0 Å². The van der Waals surface area contributed by atoms with E-state index in [2.05, 4.69) is 49.3 Å². The zero-order valence-electron chi connectivity index (χ0n) is 12.6. The number of benzene rings is 1. The Kier molecular flexibility index (Phi) is 4.74. The summed E-state index contributed by atoms with van der Waals surface area (Å²) in [7, 11) is 1.71. The van der Waals surface area contributed by atoms with Gasteiger partial charge in [-0.1, -0.05) is 19.9 Å². The van der Waals surface area contributed by atoms with Crippen molar-refractivity contribution in [3.05, 3.63) is 47.8 Å². The molecule has 0 aliphatic carbocycles. The molecule has 1 aromatic carbocycles. The molecule has 3 nitrogen and oxygen atoms in total. The van der Waals surface area contributed by atoms with E-state index in [-0.39, 0.29) is 0 Å². The van der Waals surface area contributed by atoms with Gasteiger partial charge in [0.2, 0.25) is 0 Å². The van der Waals surface area contributed by atoms with Gasteiger partial charge in [-0.15, -0.1) is 0 Å². The van der Waals surface area contributed by atoms with E-state index in [4.69, 9.17) is 4.74 Å². The number of hydrogen-bond acceptors (Lipinski definition) is 3. The molecule has 0 spiro atoms. The van der Waals surface area contributed by atoms with E-state index in [1.807, 2.05) is 18.5 Å². The van der Waals surface area contributed by atoms with Crippen LogP contribution in [0.2, 0.25) is 0 Å². The fourth-order valence-corrected chi connectivity index (χ4v) is 2.20. The molecule has 1 N–H and O–H groups in total. The predicted octanol–water partition coefficient (Wildman–Crippen LogP) is 3.56. The summed E-state index contributed by atoms with van der Waals surface area (Å²) >= 11 is 0. The summed E-state index contributed by atoms with van der Waals surface area (Å²) in [5.74, 6) is 0.925. The first-order chi connectivity index (χ1) is 9.61. The Labute approximate surface area is 121 Å². The molecule has 1 aromatic heterocycles. The van der Waals surface area contributed by atoms with E-state index in [0.29, 0.717) is 6.04 Å². The van der Waals surface area contributed by atoms with Crippen molar-refractivity contribution in [1.82, 2.24) is 10.3 Å². The van der Waals surface area contributed by atoms with Crippen LogP contribution in [0.3, 0.4) is 0 Å². The minimum Gasteiger partial charge on any atom is -0.496 e. The quantitative estimate of drug-likeness (QED) is 0.902. The second-order valence-corrected chi connectivity index (χ2v) is 5.25. The molecule has 3 heteroatoms. The van der Waals surface area contributed by atoms with Gasteiger partial charge in [0.1, 0.15) is 5.75 Å². The monoisotopic (exact) mass is 270 g/mol. The van der Waals surface area contributed by atoms with E-state index >= 15 is 0 Å². The average molecular weight is 270 g/mol. The first-order valence-electron chi connectivity index (χ1n) is 6.93. The van der Waals surface area contributed by atoms with Crippen LogP contribution < -0.4 is 10.1 Å². The largest absolute Gasteiger partial charge is 0.496 e. The summed E-state index contributed by atoms with van der Waals surface area (Å²) in [5, 5.41) is 3.44. The molecule has 0 aliphatic rings. The van der Waals surface area contributed by atoms with Gasteiger partial charge in [0.15, 0.2) is 0 Å².